The van der Waals surface area contributed by atoms with Gasteiger partial charge in [0.1, 0.15) is 12.1 Å². The lowest BCUT2D eigenvalue weighted by molar-refractivity contribution is -0.106. The highest BCUT2D eigenvalue weighted by atomic mass is 16.5. The number of aldehydes is 1. The van der Waals surface area contributed by atoms with Gasteiger partial charge >= 0.3 is 17.8 Å². The van der Waals surface area contributed by atoms with Gasteiger partial charge in [-0.1, -0.05) is 62.3 Å². The summed E-state index contributed by atoms with van der Waals surface area (Å²) >= 11 is 0. The highest BCUT2D eigenvalue weighted by Gasteiger charge is 2.25. The zero-order valence-electron chi connectivity index (χ0n) is 34.0. The van der Waals surface area contributed by atoms with Crippen molar-refractivity contribution in [1.82, 2.24) is 30.7 Å². The second-order valence-electron chi connectivity index (χ2n) is 15.6. The Morgan fingerprint density at radius 3 is 2.33 bits per heavy atom. The number of amides is 3. The Morgan fingerprint density at radius 1 is 1.00 bits per heavy atom. The second kappa shape index (κ2) is 17.8. The van der Waals surface area contributed by atoms with Crippen molar-refractivity contribution in [1.29, 1.82) is 5.41 Å². The summed E-state index contributed by atoms with van der Waals surface area (Å²) in [6.45, 7) is 14.3. The molecule has 14 heteroatoms. The van der Waals surface area contributed by atoms with Crippen LogP contribution in [0.25, 0.3) is 11.1 Å². The first-order valence-electron chi connectivity index (χ1n) is 19.5. The van der Waals surface area contributed by atoms with Gasteiger partial charge in [0.2, 0.25) is 0 Å². The molecular weight excluding hydrogens is 733 g/mol. The van der Waals surface area contributed by atoms with Crippen molar-refractivity contribution in [2.45, 2.75) is 52.5 Å². The van der Waals surface area contributed by atoms with Crippen LogP contribution in [0.4, 0.5) is 22.0 Å². The maximum Gasteiger partial charge on any atom is 0.322 e. The Balaban J connectivity index is 1.03. The summed E-state index contributed by atoms with van der Waals surface area (Å²) in [6.07, 6.45) is 3.35. The second-order valence-corrected chi connectivity index (χ2v) is 15.6. The zero-order valence-corrected chi connectivity index (χ0v) is 34.0. The lowest BCUT2D eigenvalue weighted by atomic mass is 9.94. The Morgan fingerprint density at radius 2 is 1.71 bits per heavy atom. The molecule has 1 atom stereocenters. The molecule has 1 saturated heterocycles. The summed E-state index contributed by atoms with van der Waals surface area (Å²) in [5.74, 6) is 0.213. The van der Waals surface area contributed by atoms with Crippen LogP contribution in [0, 0.1) is 12.3 Å². The van der Waals surface area contributed by atoms with E-state index in [1.807, 2.05) is 83.1 Å². The molecule has 3 aromatic carbocycles. The number of hydrogen-bond donors (Lipinski definition) is 4. The number of nitrogen functional groups attached to an aromatic ring is 1. The van der Waals surface area contributed by atoms with Gasteiger partial charge in [0.15, 0.2) is 5.82 Å². The van der Waals surface area contributed by atoms with Crippen LogP contribution in [0.15, 0.2) is 83.5 Å². The molecule has 5 aromatic rings. The smallest absolute Gasteiger partial charge is 0.322 e. The summed E-state index contributed by atoms with van der Waals surface area (Å²) in [4.78, 5) is 51.1. The average molecular weight is 785 g/mol. The highest BCUT2D eigenvalue weighted by Crippen LogP contribution is 2.28. The molecular formula is C44H52N10O4. The molecule has 0 unspecified atom stereocenters. The van der Waals surface area contributed by atoms with E-state index in [1.54, 1.807) is 13.2 Å². The third-order valence-corrected chi connectivity index (χ3v) is 10.5. The monoisotopic (exact) mass is 784 g/mol. The molecule has 14 nitrogen and oxygen atoms in total. The van der Waals surface area contributed by atoms with E-state index in [9.17, 15) is 14.4 Å². The van der Waals surface area contributed by atoms with E-state index in [4.69, 9.17) is 15.7 Å². The summed E-state index contributed by atoms with van der Waals surface area (Å²) in [6, 6.07) is 23.2. The van der Waals surface area contributed by atoms with Crippen LogP contribution in [0.1, 0.15) is 78.1 Å². The SMILES string of the molecule is CNC(=O)N(CC=O)c1ccc(CCN2CCN(c3ccc(-c4cnc(N)c(C(=N)c5ccc([C@@H](C)NC(=O)c6nc(C(C)(C)C)no6)c(C)c5)c4)cc3)CC2)cc1. The Labute approximate surface area is 339 Å². The predicted molar refractivity (Wildman–Crippen MR) is 227 cm³/mol. The third-order valence-electron chi connectivity index (χ3n) is 10.5. The molecule has 302 valence electrons. The lowest BCUT2D eigenvalue weighted by Gasteiger charge is -2.36. The van der Waals surface area contributed by atoms with Crippen LogP contribution < -0.4 is 26.2 Å². The molecule has 2 aromatic heterocycles. The molecule has 0 aliphatic carbocycles. The maximum absolute atomic E-state index is 12.9. The van der Waals surface area contributed by atoms with Crippen molar-refractivity contribution in [3.05, 3.63) is 119 Å². The molecule has 1 aliphatic heterocycles. The number of pyridine rings is 1. The van der Waals surface area contributed by atoms with Crippen molar-refractivity contribution in [2.24, 2.45) is 0 Å². The average Bonchev–Trinajstić information content (AvgIpc) is 3.74. The minimum atomic E-state index is -0.448. The summed E-state index contributed by atoms with van der Waals surface area (Å²) in [7, 11) is 1.55. The fourth-order valence-electron chi connectivity index (χ4n) is 7.00. The van der Waals surface area contributed by atoms with Crippen LogP contribution >= 0.6 is 0 Å². The number of aryl methyl sites for hydroxylation is 1. The van der Waals surface area contributed by atoms with Crippen molar-refractivity contribution in [3.63, 3.8) is 0 Å². The number of carbonyl (C=O) groups is 3. The van der Waals surface area contributed by atoms with E-state index in [0.29, 0.717) is 22.6 Å². The zero-order chi connectivity index (χ0) is 41.6. The van der Waals surface area contributed by atoms with E-state index >= 15 is 0 Å². The normalized spacial score (nSPS) is 13.8. The van der Waals surface area contributed by atoms with Gasteiger partial charge in [-0.05, 0) is 78.9 Å². The minimum Gasteiger partial charge on any atom is -0.383 e. The Bertz CT molecular complexity index is 2260. The molecule has 0 radical (unpaired) electrons. The molecule has 0 bridgehead atoms. The van der Waals surface area contributed by atoms with Gasteiger partial charge < -0.3 is 30.6 Å². The van der Waals surface area contributed by atoms with Crippen LogP contribution in [-0.2, 0) is 16.6 Å². The first kappa shape index (κ1) is 41.2. The fraction of sp³-hybridized carbons (Fsp3) is 0.341. The number of piperazine rings is 1. The number of nitrogens with two attached hydrogens (primary N) is 1. The lowest BCUT2D eigenvalue weighted by Crippen LogP contribution is -2.47. The first-order chi connectivity index (χ1) is 27.7. The molecule has 5 N–H and O–H groups in total. The largest absolute Gasteiger partial charge is 0.383 e. The number of nitrogens with zero attached hydrogens (tertiary/aromatic N) is 6. The van der Waals surface area contributed by atoms with Gasteiger partial charge in [0, 0.05) is 79.4 Å². The van der Waals surface area contributed by atoms with E-state index in [0.717, 1.165) is 73.4 Å². The molecule has 0 saturated carbocycles. The maximum atomic E-state index is 12.9. The number of urea groups is 1. The van der Waals surface area contributed by atoms with Crippen LogP contribution in [0.3, 0.4) is 0 Å². The van der Waals surface area contributed by atoms with E-state index < -0.39 is 5.91 Å². The molecule has 0 spiro atoms. The van der Waals surface area contributed by atoms with Crippen molar-refractivity contribution in [2.75, 3.05) is 61.8 Å². The van der Waals surface area contributed by atoms with Gasteiger partial charge in [0.25, 0.3) is 0 Å². The van der Waals surface area contributed by atoms with Crippen molar-refractivity contribution >= 4 is 41.1 Å². The molecule has 1 aliphatic rings. The Kier molecular flexibility index (Phi) is 12.7. The van der Waals surface area contributed by atoms with E-state index in [1.165, 1.54) is 10.5 Å². The van der Waals surface area contributed by atoms with E-state index in [2.05, 4.69) is 59.8 Å². The number of rotatable bonds is 13. The number of carbonyl (C=O) groups excluding carboxylic acids is 3. The predicted octanol–water partition coefficient (Wildman–Crippen LogP) is 5.94. The summed E-state index contributed by atoms with van der Waals surface area (Å²) in [5, 5.41) is 18.6. The number of hydrogen-bond acceptors (Lipinski definition) is 11. The van der Waals surface area contributed by atoms with Gasteiger partial charge in [0.05, 0.1) is 18.3 Å². The number of benzene rings is 3. The van der Waals surface area contributed by atoms with E-state index in [-0.39, 0.29) is 41.5 Å². The Hall–Kier alpha value is -6.41. The minimum absolute atomic E-state index is 0.00344. The molecule has 6 rings (SSSR count). The molecule has 58 heavy (non-hydrogen) atoms. The first-order valence-corrected chi connectivity index (χ1v) is 19.5. The molecule has 3 heterocycles. The molecule has 3 amide bonds. The summed E-state index contributed by atoms with van der Waals surface area (Å²) < 4.78 is 5.21. The van der Waals surface area contributed by atoms with Gasteiger partial charge in [-0.3, -0.25) is 20.0 Å². The number of aromatic nitrogens is 3. The highest BCUT2D eigenvalue weighted by molar-refractivity contribution is 6.14. The fourth-order valence-corrected chi connectivity index (χ4v) is 7.00. The number of nitrogens with one attached hydrogen (secondary N) is 3. The molecule has 1 fully saturated rings. The van der Waals surface area contributed by atoms with Crippen LogP contribution in [0.5, 0.6) is 0 Å². The van der Waals surface area contributed by atoms with Gasteiger partial charge in [-0.25, -0.2) is 9.78 Å². The van der Waals surface area contributed by atoms with Gasteiger partial charge in [-0.2, -0.15) is 4.98 Å². The van der Waals surface area contributed by atoms with Crippen molar-refractivity contribution in [3.8, 4) is 11.1 Å². The standard InChI is InChI=1S/C44H52N10O4/c1-28-25-32(11-16-36(28)29(2)49-40(56)41-50-42(51-58-41)44(3,4)5)38(45)37-26-33(27-48-39(37)46)31-9-14-34(15-10-31)53-21-19-52(20-22-53)18-17-30-7-12-35(13-8-30)54(23-24-55)43(57)47-6/h7-16,24-27,29,45H,17-23H2,1-6H3,(H2,46,48)(H,47,57)(H,49,56)/t29-/m1/s1. The van der Waals surface area contributed by atoms with Crippen LogP contribution in [0.2, 0.25) is 0 Å². The van der Waals surface area contributed by atoms with Gasteiger partial charge in [-0.15, -0.1) is 0 Å². The number of anilines is 3. The third kappa shape index (κ3) is 9.57. The topological polar surface area (TPSA) is 187 Å². The quantitative estimate of drug-likeness (QED) is 0.0823. The summed E-state index contributed by atoms with van der Waals surface area (Å²) in [5.41, 5.74) is 14.1. The van der Waals surface area contributed by atoms with Crippen molar-refractivity contribution < 1.29 is 18.9 Å². The van der Waals surface area contributed by atoms with Crippen LogP contribution in [-0.4, -0.2) is 90.3 Å².